The van der Waals surface area contributed by atoms with Gasteiger partial charge in [0.1, 0.15) is 0 Å². The normalized spacial score (nSPS) is 19.6. The Morgan fingerprint density at radius 1 is 1.35 bits per heavy atom. The van der Waals surface area contributed by atoms with E-state index in [9.17, 15) is 0 Å². The van der Waals surface area contributed by atoms with Gasteiger partial charge in [0.05, 0.1) is 0 Å². The molecule has 0 amide bonds. The van der Waals surface area contributed by atoms with Gasteiger partial charge in [-0.1, -0.05) is 24.9 Å². The zero-order valence-electron chi connectivity index (χ0n) is 13.2. The molecule has 20 heavy (non-hydrogen) atoms. The summed E-state index contributed by atoms with van der Waals surface area (Å²) in [5.74, 6) is 0.842. The molecule has 0 saturated carbocycles. The zero-order chi connectivity index (χ0) is 14.8. The molecule has 1 N–H and O–H groups in total. The predicted molar refractivity (Wildman–Crippen MR) is 88.7 cm³/mol. The maximum Gasteiger partial charge on any atom is 0.0412 e. The molecule has 1 aliphatic heterocycles. The smallest absolute Gasteiger partial charge is 0.0412 e. The van der Waals surface area contributed by atoms with E-state index < -0.39 is 0 Å². The minimum atomic E-state index is 0.122. The number of anilines is 1. The van der Waals surface area contributed by atoms with E-state index in [4.69, 9.17) is 11.6 Å². The molecule has 0 aromatic heterocycles. The van der Waals surface area contributed by atoms with Gasteiger partial charge in [-0.05, 0) is 56.9 Å². The molecule has 1 fully saturated rings. The quantitative estimate of drug-likeness (QED) is 0.882. The number of nitrogens with one attached hydrogen (secondary N) is 1. The Morgan fingerprint density at radius 3 is 2.70 bits per heavy atom. The molecular weight excluding hydrogens is 268 g/mol. The Labute approximate surface area is 128 Å². The molecule has 1 aliphatic rings. The molecule has 2 rings (SSSR count). The van der Waals surface area contributed by atoms with Crippen molar-refractivity contribution in [2.75, 3.05) is 18.0 Å². The standard InChI is InChI=1S/C17H27ClN2/c1-5-13-8-9-20(12-13)16-7-6-15(18)10-14(16)11-19-17(2,3)4/h6-7,10,13,19H,5,8-9,11-12H2,1-4H3. The second-order valence-electron chi connectivity index (χ2n) is 6.89. The summed E-state index contributed by atoms with van der Waals surface area (Å²) in [6.07, 6.45) is 2.59. The van der Waals surface area contributed by atoms with Crippen molar-refractivity contribution in [3.63, 3.8) is 0 Å². The van der Waals surface area contributed by atoms with E-state index in [-0.39, 0.29) is 5.54 Å². The van der Waals surface area contributed by atoms with Crippen LogP contribution in [0.3, 0.4) is 0 Å². The van der Waals surface area contributed by atoms with E-state index in [0.717, 1.165) is 17.5 Å². The van der Waals surface area contributed by atoms with Crippen molar-refractivity contribution in [2.45, 2.75) is 52.6 Å². The van der Waals surface area contributed by atoms with E-state index in [1.807, 2.05) is 6.07 Å². The molecule has 0 aliphatic carbocycles. The van der Waals surface area contributed by atoms with E-state index in [2.05, 4.69) is 50.0 Å². The Bertz CT molecular complexity index is 451. The Kier molecular flexibility index (Phi) is 4.98. The van der Waals surface area contributed by atoms with Crippen LogP contribution in [0.4, 0.5) is 5.69 Å². The second kappa shape index (κ2) is 6.36. The first-order valence-corrected chi connectivity index (χ1v) is 8.05. The topological polar surface area (TPSA) is 15.3 Å². The summed E-state index contributed by atoms with van der Waals surface area (Å²) in [7, 11) is 0. The monoisotopic (exact) mass is 294 g/mol. The largest absolute Gasteiger partial charge is 0.371 e. The lowest BCUT2D eigenvalue weighted by atomic mass is 10.1. The van der Waals surface area contributed by atoms with Crippen molar-refractivity contribution in [2.24, 2.45) is 5.92 Å². The fraction of sp³-hybridized carbons (Fsp3) is 0.647. The van der Waals surface area contributed by atoms with Gasteiger partial charge in [0.15, 0.2) is 0 Å². The first-order chi connectivity index (χ1) is 9.39. The van der Waals surface area contributed by atoms with Crippen molar-refractivity contribution in [1.82, 2.24) is 5.32 Å². The highest BCUT2D eigenvalue weighted by Gasteiger charge is 2.23. The van der Waals surface area contributed by atoms with E-state index in [1.165, 1.54) is 37.2 Å². The molecule has 1 aromatic rings. The van der Waals surface area contributed by atoms with Gasteiger partial charge in [-0.3, -0.25) is 0 Å². The minimum Gasteiger partial charge on any atom is -0.371 e. The van der Waals surface area contributed by atoms with Crippen LogP contribution in [-0.2, 0) is 6.54 Å². The number of halogens is 1. The lowest BCUT2D eigenvalue weighted by molar-refractivity contribution is 0.424. The number of rotatable bonds is 4. The Morgan fingerprint density at radius 2 is 2.10 bits per heavy atom. The van der Waals surface area contributed by atoms with Crippen molar-refractivity contribution in [3.8, 4) is 0 Å². The molecule has 112 valence electrons. The maximum atomic E-state index is 6.18. The third-order valence-electron chi connectivity index (χ3n) is 4.05. The fourth-order valence-corrected chi connectivity index (χ4v) is 2.94. The van der Waals surface area contributed by atoms with Gasteiger partial charge >= 0.3 is 0 Å². The van der Waals surface area contributed by atoms with Crippen LogP contribution >= 0.6 is 11.6 Å². The lowest BCUT2D eigenvalue weighted by Crippen LogP contribution is -2.35. The Balaban J connectivity index is 2.16. The number of nitrogens with zero attached hydrogens (tertiary/aromatic N) is 1. The summed E-state index contributed by atoms with van der Waals surface area (Å²) in [4.78, 5) is 2.52. The van der Waals surface area contributed by atoms with Crippen molar-refractivity contribution >= 4 is 17.3 Å². The van der Waals surface area contributed by atoms with Crippen LogP contribution in [0.25, 0.3) is 0 Å². The molecule has 1 aromatic carbocycles. The summed E-state index contributed by atoms with van der Waals surface area (Å²) < 4.78 is 0. The van der Waals surface area contributed by atoms with Crippen LogP contribution in [0, 0.1) is 5.92 Å². The van der Waals surface area contributed by atoms with Crippen molar-refractivity contribution in [3.05, 3.63) is 28.8 Å². The summed E-state index contributed by atoms with van der Waals surface area (Å²) in [5.41, 5.74) is 2.78. The van der Waals surface area contributed by atoms with Gasteiger partial charge in [-0.25, -0.2) is 0 Å². The summed E-state index contributed by atoms with van der Waals surface area (Å²) in [6, 6.07) is 6.30. The van der Waals surface area contributed by atoms with Gasteiger partial charge in [0.25, 0.3) is 0 Å². The van der Waals surface area contributed by atoms with Gasteiger partial charge in [0.2, 0.25) is 0 Å². The first kappa shape index (κ1) is 15.7. The van der Waals surface area contributed by atoms with Gasteiger partial charge in [0, 0.05) is 35.9 Å². The third-order valence-corrected chi connectivity index (χ3v) is 4.29. The SMILES string of the molecule is CCC1CCN(c2ccc(Cl)cc2CNC(C)(C)C)C1. The van der Waals surface area contributed by atoms with Crippen LogP contribution < -0.4 is 10.2 Å². The fourth-order valence-electron chi connectivity index (χ4n) is 2.75. The van der Waals surface area contributed by atoms with E-state index in [1.54, 1.807) is 0 Å². The molecule has 0 bridgehead atoms. The van der Waals surface area contributed by atoms with Gasteiger partial charge < -0.3 is 10.2 Å². The van der Waals surface area contributed by atoms with Crippen molar-refractivity contribution in [1.29, 1.82) is 0 Å². The van der Waals surface area contributed by atoms with E-state index in [0.29, 0.717) is 0 Å². The zero-order valence-corrected chi connectivity index (χ0v) is 13.9. The van der Waals surface area contributed by atoms with Crippen LogP contribution in [0.1, 0.15) is 46.1 Å². The first-order valence-electron chi connectivity index (χ1n) is 7.67. The second-order valence-corrected chi connectivity index (χ2v) is 7.32. The molecule has 2 nitrogen and oxygen atoms in total. The van der Waals surface area contributed by atoms with Crippen LogP contribution in [0.2, 0.25) is 5.02 Å². The Hall–Kier alpha value is -0.730. The average molecular weight is 295 g/mol. The van der Waals surface area contributed by atoms with Crippen LogP contribution in [0.15, 0.2) is 18.2 Å². The van der Waals surface area contributed by atoms with Crippen molar-refractivity contribution < 1.29 is 0 Å². The number of benzene rings is 1. The lowest BCUT2D eigenvalue weighted by Gasteiger charge is -2.26. The number of hydrogen-bond acceptors (Lipinski definition) is 2. The van der Waals surface area contributed by atoms with Gasteiger partial charge in [-0.2, -0.15) is 0 Å². The highest BCUT2D eigenvalue weighted by molar-refractivity contribution is 6.30. The molecule has 1 unspecified atom stereocenters. The maximum absolute atomic E-state index is 6.18. The van der Waals surface area contributed by atoms with Crippen LogP contribution in [0.5, 0.6) is 0 Å². The summed E-state index contributed by atoms with van der Waals surface area (Å²) in [6.45, 7) is 12.1. The predicted octanol–water partition coefficient (Wildman–Crippen LogP) is 4.46. The summed E-state index contributed by atoms with van der Waals surface area (Å²) in [5, 5.41) is 4.39. The molecule has 1 atom stereocenters. The highest BCUT2D eigenvalue weighted by atomic mass is 35.5. The average Bonchev–Trinajstić information content (AvgIpc) is 2.84. The molecule has 3 heteroatoms. The molecule has 1 heterocycles. The van der Waals surface area contributed by atoms with Crippen LogP contribution in [-0.4, -0.2) is 18.6 Å². The van der Waals surface area contributed by atoms with Gasteiger partial charge in [-0.15, -0.1) is 0 Å². The third kappa shape index (κ3) is 4.13. The molecule has 0 spiro atoms. The molecular formula is C17H27ClN2. The van der Waals surface area contributed by atoms with E-state index >= 15 is 0 Å². The minimum absolute atomic E-state index is 0.122. The summed E-state index contributed by atoms with van der Waals surface area (Å²) >= 11 is 6.18. The molecule has 1 saturated heterocycles. The molecule has 0 radical (unpaired) electrons. The highest BCUT2D eigenvalue weighted by Crippen LogP contribution is 2.30. The number of hydrogen-bond donors (Lipinski definition) is 1.